The Labute approximate surface area is 369 Å². The fourth-order valence-electron chi connectivity index (χ4n) is 8.17. The van der Waals surface area contributed by atoms with E-state index in [2.05, 4.69) is 31.3 Å². The predicted octanol–water partition coefficient (Wildman–Crippen LogP) is 11.5. The van der Waals surface area contributed by atoms with E-state index >= 15 is 0 Å². The van der Waals surface area contributed by atoms with Crippen LogP contribution in [0.2, 0.25) is 0 Å². The van der Waals surface area contributed by atoms with Crippen molar-refractivity contribution in [2.24, 2.45) is 0 Å². The van der Waals surface area contributed by atoms with E-state index in [-0.39, 0.29) is 12.5 Å². The molecule has 0 radical (unpaired) electrons. The van der Waals surface area contributed by atoms with E-state index in [0.29, 0.717) is 6.42 Å². The van der Waals surface area contributed by atoms with Crippen molar-refractivity contribution in [1.29, 1.82) is 0 Å². The number of amides is 1. The van der Waals surface area contributed by atoms with Gasteiger partial charge in [-0.05, 0) is 32.1 Å². The molecule has 0 aromatic heterocycles. The summed E-state index contributed by atoms with van der Waals surface area (Å²) in [7, 11) is 0. The van der Waals surface area contributed by atoms with Crippen LogP contribution in [0.25, 0.3) is 0 Å². The number of aliphatic hydroxyl groups is 5. The van der Waals surface area contributed by atoms with Gasteiger partial charge in [0.25, 0.3) is 0 Å². The molecule has 0 aromatic carbocycles. The summed E-state index contributed by atoms with van der Waals surface area (Å²) in [6, 6.07) is -0.817. The average molecular weight is 852 g/mol. The quantitative estimate of drug-likeness (QED) is 0.0262. The molecule has 1 amide bonds. The SMILES string of the molecule is CCCCCCCCCC/C=C/CC/C=C/[C@@H](O)[C@H](CO[C@H]1O[C@@H](CO)[C@H](O)C(O)C1O)NC(=O)CCCCCCCCCCCCCCCCCCCCCCCCC. The number of rotatable bonds is 43. The third-order valence-electron chi connectivity index (χ3n) is 12.3. The lowest BCUT2D eigenvalue weighted by molar-refractivity contribution is -0.302. The highest BCUT2D eigenvalue weighted by molar-refractivity contribution is 5.76. The van der Waals surface area contributed by atoms with Crippen molar-refractivity contribution in [1.82, 2.24) is 5.32 Å². The Morgan fingerprint density at radius 2 is 0.950 bits per heavy atom. The van der Waals surface area contributed by atoms with Crippen LogP contribution < -0.4 is 5.32 Å². The van der Waals surface area contributed by atoms with Crippen LogP contribution in [0, 0.1) is 0 Å². The Hall–Kier alpha value is -1.33. The first kappa shape index (κ1) is 56.7. The highest BCUT2D eigenvalue weighted by atomic mass is 16.7. The monoisotopic (exact) mass is 852 g/mol. The molecule has 9 heteroatoms. The lowest BCUT2D eigenvalue weighted by atomic mass is 9.99. The first-order valence-electron chi connectivity index (χ1n) is 25.6. The Bertz CT molecular complexity index is 992. The third kappa shape index (κ3) is 31.5. The van der Waals surface area contributed by atoms with E-state index in [1.54, 1.807) is 6.08 Å². The van der Waals surface area contributed by atoms with Crippen LogP contribution in [0.15, 0.2) is 24.3 Å². The van der Waals surface area contributed by atoms with Gasteiger partial charge < -0.3 is 40.3 Å². The summed E-state index contributed by atoms with van der Waals surface area (Å²) < 4.78 is 11.2. The van der Waals surface area contributed by atoms with Gasteiger partial charge in [-0.3, -0.25) is 4.79 Å². The average Bonchev–Trinajstić information content (AvgIpc) is 3.25. The molecule has 1 aliphatic rings. The zero-order valence-electron chi connectivity index (χ0n) is 39.0. The summed E-state index contributed by atoms with van der Waals surface area (Å²) in [4.78, 5) is 13.0. The minimum absolute atomic E-state index is 0.183. The highest BCUT2D eigenvalue weighted by Crippen LogP contribution is 2.23. The molecule has 1 saturated heterocycles. The predicted molar refractivity (Wildman–Crippen MR) is 249 cm³/mol. The standard InChI is InChI=1S/C51H97NO8/c1-3-5-7-9-11-13-15-17-19-20-21-22-23-24-25-26-27-29-31-33-35-37-39-41-47(55)52-44(43-59-51-50(58)49(57)48(56)46(42-53)60-51)45(54)40-38-36-34-32-30-28-18-16-14-12-10-8-6-4-2/h30,32,38,40,44-46,48-51,53-54,56-58H,3-29,31,33-37,39,41-43H2,1-2H3,(H,52,55)/b32-30+,40-38+/t44-,45+,46-,48-,49?,50?,51-/m0/s1. The molecule has 1 aliphatic heterocycles. The lowest BCUT2D eigenvalue weighted by Gasteiger charge is -2.40. The number of unbranched alkanes of at least 4 members (excludes halogenated alkanes) is 31. The van der Waals surface area contributed by atoms with Gasteiger partial charge in [0.05, 0.1) is 25.4 Å². The van der Waals surface area contributed by atoms with E-state index in [1.807, 2.05) is 6.08 Å². The Morgan fingerprint density at radius 1 is 0.550 bits per heavy atom. The molecule has 0 aliphatic carbocycles. The molecular weight excluding hydrogens is 755 g/mol. The van der Waals surface area contributed by atoms with Crippen LogP contribution in [-0.2, 0) is 14.3 Å². The summed E-state index contributed by atoms with van der Waals surface area (Å²) in [5, 5.41) is 54.2. The Morgan fingerprint density at radius 3 is 1.40 bits per heavy atom. The van der Waals surface area contributed by atoms with Crippen molar-refractivity contribution in [3.63, 3.8) is 0 Å². The second-order valence-electron chi connectivity index (χ2n) is 18.0. The summed E-state index contributed by atoms with van der Waals surface area (Å²) in [6.07, 6.45) is 43.8. The zero-order valence-corrected chi connectivity index (χ0v) is 39.0. The van der Waals surface area contributed by atoms with Gasteiger partial charge in [-0.15, -0.1) is 0 Å². The summed E-state index contributed by atoms with van der Waals surface area (Å²) >= 11 is 0. The van der Waals surface area contributed by atoms with Crippen molar-refractivity contribution >= 4 is 5.91 Å². The zero-order chi connectivity index (χ0) is 43.7. The molecule has 1 heterocycles. The minimum atomic E-state index is -1.57. The molecule has 0 bridgehead atoms. The number of aliphatic hydroxyl groups excluding tert-OH is 5. The highest BCUT2D eigenvalue weighted by Gasteiger charge is 2.44. The summed E-state index contributed by atoms with van der Waals surface area (Å²) in [6.45, 7) is 3.77. The van der Waals surface area contributed by atoms with Crippen molar-refractivity contribution < 1.29 is 39.8 Å². The molecule has 0 spiro atoms. The largest absolute Gasteiger partial charge is 0.394 e. The summed E-state index contributed by atoms with van der Waals surface area (Å²) in [5.41, 5.74) is 0. The van der Waals surface area contributed by atoms with Gasteiger partial charge in [-0.2, -0.15) is 0 Å². The van der Waals surface area contributed by atoms with Crippen LogP contribution >= 0.6 is 0 Å². The molecule has 9 nitrogen and oxygen atoms in total. The summed E-state index contributed by atoms with van der Waals surface area (Å²) in [5.74, 6) is -0.183. The number of allylic oxidation sites excluding steroid dienone is 3. The lowest BCUT2D eigenvalue weighted by Crippen LogP contribution is -2.60. The first-order valence-corrected chi connectivity index (χ1v) is 25.6. The number of carbonyl (C=O) groups excluding carboxylic acids is 1. The molecule has 0 saturated carbocycles. The van der Waals surface area contributed by atoms with Crippen molar-refractivity contribution in [2.45, 2.75) is 281 Å². The smallest absolute Gasteiger partial charge is 0.220 e. The fraction of sp³-hybridized carbons (Fsp3) is 0.902. The van der Waals surface area contributed by atoms with Gasteiger partial charge in [0.15, 0.2) is 6.29 Å². The van der Waals surface area contributed by atoms with Crippen molar-refractivity contribution in [3.05, 3.63) is 24.3 Å². The molecule has 2 unspecified atom stereocenters. The van der Waals surface area contributed by atoms with Crippen molar-refractivity contribution in [3.8, 4) is 0 Å². The van der Waals surface area contributed by atoms with Gasteiger partial charge in [0.2, 0.25) is 5.91 Å². The Kier molecular flexibility index (Phi) is 39.4. The number of hydrogen-bond donors (Lipinski definition) is 6. The van der Waals surface area contributed by atoms with Crippen LogP contribution in [0.1, 0.15) is 239 Å². The number of ether oxygens (including phenoxy) is 2. The van der Waals surface area contributed by atoms with Crippen LogP contribution in [0.4, 0.5) is 0 Å². The van der Waals surface area contributed by atoms with E-state index in [1.165, 1.54) is 180 Å². The van der Waals surface area contributed by atoms with E-state index < -0.39 is 49.5 Å². The molecule has 354 valence electrons. The van der Waals surface area contributed by atoms with Gasteiger partial charge in [0, 0.05) is 6.42 Å². The molecule has 1 rings (SSSR count). The second-order valence-corrected chi connectivity index (χ2v) is 18.0. The van der Waals surface area contributed by atoms with Gasteiger partial charge >= 0.3 is 0 Å². The van der Waals surface area contributed by atoms with Crippen LogP contribution in [-0.4, -0.2) is 87.5 Å². The van der Waals surface area contributed by atoms with Crippen molar-refractivity contribution in [2.75, 3.05) is 13.2 Å². The topological polar surface area (TPSA) is 149 Å². The maximum absolute atomic E-state index is 13.0. The molecule has 7 atom stereocenters. The fourth-order valence-corrected chi connectivity index (χ4v) is 8.17. The molecular formula is C51H97NO8. The second kappa shape index (κ2) is 41.7. The number of carbonyl (C=O) groups is 1. The maximum Gasteiger partial charge on any atom is 0.220 e. The normalized spacial score (nSPS) is 20.7. The first-order chi connectivity index (χ1) is 29.3. The van der Waals surface area contributed by atoms with Crippen LogP contribution in [0.3, 0.4) is 0 Å². The number of nitrogens with one attached hydrogen (secondary N) is 1. The van der Waals surface area contributed by atoms with Gasteiger partial charge in [-0.1, -0.05) is 224 Å². The third-order valence-corrected chi connectivity index (χ3v) is 12.3. The minimum Gasteiger partial charge on any atom is -0.394 e. The number of hydrogen-bond acceptors (Lipinski definition) is 8. The van der Waals surface area contributed by atoms with Gasteiger partial charge in [-0.25, -0.2) is 0 Å². The molecule has 0 aromatic rings. The molecule has 60 heavy (non-hydrogen) atoms. The molecule has 1 fully saturated rings. The molecule has 6 N–H and O–H groups in total. The van der Waals surface area contributed by atoms with Gasteiger partial charge in [0.1, 0.15) is 24.4 Å². The maximum atomic E-state index is 13.0. The van der Waals surface area contributed by atoms with E-state index in [9.17, 15) is 30.3 Å². The Balaban J connectivity index is 2.26. The van der Waals surface area contributed by atoms with E-state index in [4.69, 9.17) is 9.47 Å². The van der Waals surface area contributed by atoms with Crippen LogP contribution in [0.5, 0.6) is 0 Å². The van der Waals surface area contributed by atoms with E-state index in [0.717, 1.165) is 38.5 Å².